The van der Waals surface area contributed by atoms with Crippen LogP contribution < -0.4 is 4.74 Å². The van der Waals surface area contributed by atoms with Crippen LogP contribution in [-0.2, 0) is 14.3 Å². The number of carbonyl (C=O) groups excluding carboxylic acids is 2. The fourth-order valence-electron chi connectivity index (χ4n) is 2.63. The largest absolute Gasteiger partial charge is 0.481 e. The van der Waals surface area contributed by atoms with E-state index < -0.39 is 6.10 Å². The van der Waals surface area contributed by atoms with E-state index in [0.29, 0.717) is 31.7 Å². The minimum atomic E-state index is -0.530. The molecule has 1 aromatic carbocycles. The molecule has 0 aromatic heterocycles. The van der Waals surface area contributed by atoms with Gasteiger partial charge >= 0.3 is 5.97 Å². The molecule has 2 rings (SSSR count). The molecule has 0 radical (unpaired) electrons. The number of methoxy groups -OCH3 is 1. The molecule has 1 aliphatic heterocycles. The Kier molecular flexibility index (Phi) is 5.41. The van der Waals surface area contributed by atoms with E-state index in [1.165, 1.54) is 7.11 Å². The molecule has 1 amide bonds. The first-order valence-electron chi connectivity index (χ1n) is 7.61. The van der Waals surface area contributed by atoms with Crippen molar-refractivity contribution in [3.8, 4) is 5.75 Å². The highest BCUT2D eigenvalue weighted by molar-refractivity contribution is 5.81. The Morgan fingerprint density at radius 2 is 1.77 bits per heavy atom. The monoisotopic (exact) mass is 305 g/mol. The number of ether oxygens (including phenoxy) is 2. The van der Waals surface area contributed by atoms with Crippen molar-refractivity contribution in [3.63, 3.8) is 0 Å². The van der Waals surface area contributed by atoms with Gasteiger partial charge in [-0.1, -0.05) is 17.7 Å². The number of likely N-dealkylation sites (tertiary alicyclic amines) is 1. The van der Waals surface area contributed by atoms with Crippen LogP contribution in [-0.4, -0.2) is 43.1 Å². The lowest BCUT2D eigenvalue weighted by atomic mass is 9.97. The van der Waals surface area contributed by atoms with Crippen molar-refractivity contribution in [2.45, 2.75) is 32.8 Å². The third-order valence-electron chi connectivity index (χ3n) is 4.02. The molecule has 0 N–H and O–H groups in total. The fraction of sp³-hybridized carbons (Fsp3) is 0.529. The number of piperidine rings is 1. The second kappa shape index (κ2) is 7.29. The van der Waals surface area contributed by atoms with Crippen LogP contribution >= 0.6 is 0 Å². The van der Waals surface area contributed by atoms with Gasteiger partial charge in [0.15, 0.2) is 6.10 Å². The van der Waals surface area contributed by atoms with Gasteiger partial charge in [-0.3, -0.25) is 9.59 Å². The summed E-state index contributed by atoms with van der Waals surface area (Å²) in [6.45, 7) is 4.90. The molecule has 5 heteroatoms. The summed E-state index contributed by atoms with van der Waals surface area (Å²) < 4.78 is 10.5. The molecule has 0 unspecified atom stereocenters. The highest BCUT2D eigenvalue weighted by Crippen LogP contribution is 2.20. The minimum absolute atomic E-state index is 0.0381. The molecule has 1 aromatic rings. The fourth-order valence-corrected chi connectivity index (χ4v) is 2.63. The average molecular weight is 305 g/mol. The van der Waals surface area contributed by atoms with Crippen LogP contribution in [0.5, 0.6) is 5.75 Å². The molecule has 1 aliphatic rings. The normalized spacial score (nSPS) is 17.0. The van der Waals surface area contributed by atoms with Gasteiger partial charge in [0.1, 0.15) is 5.75 Å². The lowest BCUT2D eigenvalue weighted by Gasteiger charge is -2.32. The SMILES string of the molecule is COC(=O)C1CCN(C(=O)[C@@H](C)Oc2ccc(C)cc2)CC1. The molecule has 1 heterocycles. The molecule has 5 nitrogen and oxygen atoms in total. The van der Waals surface area contributed by atoms with Gasteiger partial charge in [-0.05, 0) is 38.8 Å². The van der Waals surface area contributed by atoms with Gasteiger partial charge in [0.05, 0.1) is 13.0 Å². The second-order valence-corrected chi connectivity index (χ2v) is 5.70. The maximum Gasteiger partial charge on any atom is 0.308 e. The summed E-state index contributed by atoms with van der Waals surface area (Å²) in [5.74, 6) is 0.373. The van der Waals surface area contributed by atoms with Crippen molar-refractivity contribution in [2.24, 2.45) is 5.92 Å². The molecular weight excluding hydrogens is 282 g/mol. The van der Waals surface area contributed by atoms with E-state index in [1.54, 1.807) is 11.8 Å². The zero-order chi connectivity index (χ0) is 16.1. The Bertz CT molecular complexity index is 518. The van der Waals surface area contributed by atoms with E-state index in [1.807, 2.05) is 31.2 Å². The molecule has 1 fully saturated rings. The number of amides is 1. The van der Waals surface area contributed by atoms with Crippen molar-refractivity contribution in [2.75, 3.05) is 20.2 Å². The Balaban J connectivity index is 1.86. The van der Waals surface area contributed by atoms with E-state index >= 15 is 0 Å². The van der Waals surface area contributed by atoms with Gasteiger partial charge in [0.25, 0.3) is 5.91 Å². The minimum Gasteiger partial charge on any atom is -0.481 e. The Labute approximate surface area is 131 Å². The van der Waals surface area contributed by atoms with Gasteiger partial charge < -0.3 is 14.4 Å². The molecule has 0 aliphatic carbocycles. The number of carbonyl (C=O) groups is 2. The van der Waals surface area contributed by atoms with E-state index in [9.17, 15) is 9.59 Å². The maximum atomic E-state index is 12.4. The molecule has 0 spiro atoms. The Morgan fingerprint density at radius 1 is 1.18 bits per heavy atom. The van der Waals surface area contributed by atoms with Crippen LogP contribution in [0.3, 0.4) is 0 Å². The third kappa shape index (κ3) is 4.00. The molecule has 22 heavy (non-hydrogen) atoms. The van der Waals surface area contributed by atoms with Crippen LogP contribution in [0.25, 0.3) is 0 Å². The zero-order valence-electron chi connectivity index (χ0n) is 13.4. The third-order valence-corrected chi connectivity index (χ3v) is 4.02. The van der Waals surface area contributed by atoms with E-state index in [2.05, 4.69) is 0 Å². The van der Waals surface area contributed by atoms with Gasteiger partial charge in [0.2, 0.25) is 0 Å². The lowest BCUT2D eigenvalue weighted by Crippen LogP contribution is -2.45. The zero-order valence-corrected chi connectivity index (χ0v) is 13.4. The Morgan fingerprint density at radius 3 is 2.32 bits per heavy atom. The number of rotatable bonds is 4. The van der Waals surface area contributed by atoms with E-state index in [-0.39, 0.29) is 17.8 Å². The highest BCUT2D eigenvalue weighted by Gasteiger charge is 2.30. The van der Waals surface area contributed by atoms with Crippen LogP contribution in [0.2, 0.25) is 0 Å². The van der Waals surface area contributed by atoms with Crippen LogP contribution in [0.1, 0.15) is 25.3 Å². The summed E-state index contributed by atoms with van der Waals surface area (Å²) in [5, 5.41) is 0. The summed E-state index contributed by atoms with van der Waals surface area (Å²) in [6.07, 6.45) is 0.767. The number of hydrogen-bond acceptors (Lipinski definition) is 4. The summed E-state index contributed by atoms with van der Waals surface area (Å²) in [6, 6.07) is 7.63. The van der Waals surface area contributed by atoms with Crippen molar-refractivity contribution in [3.05, 3.63) is 29.8 Å². The smallest absolute Gasteiger partial charge is 0.308 e. The number of aryl methyl sites for hydroxylation is 1. The molecular formula is C17H23NO4. The first kappa shape index (κ1) is 16.3. The topological polar surface area (TPSA) is 55.8 Å². The molecule has 1 atom stereocenters. The van der Waals surface area contributed by atoms with Gasteiger partial charge in [-0.15, -0.1) is 0 Å². The maximum absolute atomic E-state index is 12.4. The van der Waals surface area contributed by atoms with Gasteiger partial charge in [0, 0.05) is 13.1 Å². The summed E-state index contributed by atoms with van der Waals surface area (Å²) >= 11 is 0. The quantitative estimate of drug-likeness (QED) is 0.800. The standard InChI is InChI=1S/C17H23NO4/c1-12-4-6-15(7-5-12)22-13(2)16(19)18-10-8-14(9-11-18)17(20)21-3/h4-7,13-14H,8-11H2,1-3H3/t13-/m1/s1. The summed E-state index contributed by atoms with van der Waals surface area (Å²) in [7, 11) is 1.40. The van der Waals surface area contributed by atoms with Crippen molar-refractivity contribution >= 4 is 11.9 Å². The van der Waals surface area contributed by atoms with Crippen molar-refractivity contribution in [1.82, 2.24) is 4.90 Å². The van der Waals surface area contributed by atoms with Gasteiger partial charge in [-0.25, -0.2) is 0 Å². The molecule has 0 bridgehead atoms. The summed E-state index contributed by atoms with van der Waals surface area (Å²) in [5.41, 5.74) is 1.15. The first-order valence-corrected chi connectivity index (χ1v) is 7.61. The number of hydrogen-bond donors (Lipinski definition) is 0. The summed E-state index contributed by atoms with van der Waals surface area (Å²) in [4.78, 5) is 25.7. The lowest BCUT2D eigenvalue weighted by molar-refractivity contribution is -0.150. The first-order chi connectivity index (χ1) is 10.5. The second-order valence-electron chi connectivity index (χ2n) is 5.70. The molecule has 120 valence electrons. The number of benzene rings is 1. The molecule has 1 saturated heterocycles. The van der Waals surface area contributed by atoms with Crippen LogP contribution in [0.15, 0.2) is 24.3 Å². The van der Waals surface area contributed by atoms with Gasteiger partial charge in [-0.2, -0.15) is 0 Å². The average Bonchev–Trinajstić information content (AvgIpc) is 2.55. The number of nitrogens with zero attached hydrogens (tertiary/aromatic N) is 1. The van der Waals surface area contributed by atoms with E-state index in [4.69, 9.17) is 9.47 Å². The highest BCUT2D eigenvalue weighted by atomic mass is 16.5. The predicted molar refractivity (Wildman–Crippen MR) is 82.6 cm³/mol. The molecule has 0 saturated carbocycles. The predicted octanol–water partition coefficient (Wildman–Crippen LogP) is 2.17. The van der Waals surface area contributed by atoms with Crippen LogP contribution in [0, 0.1) is 12.8 Å². The van der Waals surface area contributed by atoms with Crippen molar-refractivity contribution in [1.29, 1.82) is 0 Å². The van der Waals surface area contributed by atoms with Crippen LogP contribution in [0.4, 0.5) is 0 Å². The Hall–Kier alpha value is -2.04. The van der Waals surface area contributed by atoms with Crippen molar-refractivity contribution < 1.29 is 19.1 Å². The van der Waals surface area contributed by atoms with E-state index in [0.717, 1.165) is 5.56 Å². The number of esters is 1.